The van der Waals surface area contributed by atoms with Gasteiger partial charge in [0, 0.05) is 0 Å². The molecule has 0 aromatic heterocycles. The van der Waals surface area contributed by atoms with Crippen molar-refractivity contribution in [2.24, 2.45) is 0 Å². The molecule has 1 aliphatic rings. The van der Waals surface area contributed by atoms with Gasteiger partial charge in [-0.3, -0.25) is 0 Å². The number of benzene rings is 2. The Morgan fingerprint density at radius 3 is 2.85 bits per heavy atom. The number of ether oxygens (including phenoxy) is 1. The van der Waals surface area contributed by atoms with E-state index >= 15 is 0 Å². The summed E-state index contributed by atoms with van der Waals surface area (Å²) < 4.78 is 7.76. The van der Waals surface area contributed by atoms with Crippen LogP contribution in [0.1, 0.15) is 6.42 Å². The molecule has 0 spiro atoms. The van der Waals surface area contributed by atoms with Gasteiger partial charge in [-0.15, -0.1) is 0 Å². The fraction of sp³-hybridized carbons (Fsp3) is 0.118. The quantitative estimate of drug-likeness (QED) is 0.465. The van der Waals surface area contributed by atoms with Crippen LogP contribution >= 0.6 is 0 Å². The van der Waals surface area contributed by atoms with Crippen LogP contribution in [0.2, 0.25) is 0 Å². The molecule has 1 aliphatic heterocycles. The number of cyclic esters (lactones) is 1. The monoisotopic (exact) mass is 380 g/mol. The van der Waals surface area contributed by atoms with Gasteiger partial charge < -0.3 is 0 Å². The summed E-state index contributed by atoms with van der Waals surface area (Å²) in [6.45, 7) is 4.19. The number of hydrogen-bond donors (Lipinski definition) is 0. The summed E-state index contributed by atoms with van der Waals surface area (Å²) in [5.41, 5.74) is 0.829. The van der Waals surface area contributed by atoms with E-state index in [0.717, 1.165) is 5.57 Å². The van der Waals surface area contributed by atoms with Crippen LogP contribution < -0.4 is 3.61 Å². The first-order valence-corrected chi connectivity index (χ1v) is 8.78. The molecule has 0 saturated heterocycles. The minimum atomic E-state index is -0.579. The number of rotatable bonds is 4. The minimum absolute atomic E-state index is 0.162. The number of fused-ring (bicyclic) bond motifs is 1. The van der Waals surface area contributed by atoms with Crippen molar-refractivity contribution in [1.82, 2.24) is 0 Å². The summed E-state index contributed by atoms with van der Waals surface area (Å²) in [5, 5.41) is 2.55. The molecule has 2 nitrogen and oxygen atoms in total. The molecule has 2 aromatic carbocycles. The fourth-order valence-electron chi connectivity index (χ4n) is 2.27. The maximum atomic E-state index is 11.7. The molecule has 3 rings (SSSR count). The number of allylic oxidation sites excluding steroid dienone is 1. The molecule has 0 bridgehead atoms. The van der Waals surface area contributed by atoms with Crippen LogP contribution in [0.25, 0.3) is 10.8 Å². The zero-order valence-electron chi connectivity index (χ0n) is 11.0. The van der Waals surface area contributed by atoms with E-state index in [9.17, 15) is 4.79 Å². The predicted octanol–water partition coefficient (Wildman–Crippen LogP) is 2.56. The Labute approximate surface area is 128 Å². The first-order chi connectivity index (χ1) is 9.79. The van der Waals surface area contributed by atoms with Crippen molar-refractivity contribution in [1.29, 1.82) is 0 Å². The summed E-state index contributed by atoms with van der Waals surface area (Å²) in [6.07, 6.45) is 2.39. The summed E-state index contributed by atoms with van der Waals surface area (Å²) >= 11 is -0.579. The predicted molar refractivity (Wildman–Crippen MR) is 82.1 cm³/mol. The van der Waals surface area contributed by atoms with Gasteiger partial charge >= 0.3 is 128 Å². The molecule has 0 atom stereocenters. The van der Waals surface area contributed by atoms with E-state index in [-0.39, 0.29) is 5.97 Å². The number of carbonyl (C=O) groups is 1. The van der Waals surface area contributed by atoms with E-state index in [1.54, 1.807) is 6.08 Å². The topological polar surface area (TPSA) is 26.3 Å². The van der Waals surface area contributed by atoms with E-state index in [0.29, 0.717) is 13.0 Å². The third-order valence-electron chi connectivity index (χ3n) is 3.25. The second-order valence-corrected chi connectivity index (χ2v) is 7.79. The Morgan fingerprint density at radius 1 is 1.20 bits per heavy atom. The second kappa shape index (κ2) is 5.83. The van der Waals surface area contributed by atoms with Crippen LogP contribution in [0.5, 0.6) is 0 Å². The molecule has 0 unspecified atom stereocenters. The Hall–Kier alpha value is -1.56. The van der Waals surface area contributed by atoms with Crippen molar-refractivity contribution in [3.8, 4) is 0 Å². The van der Waals surface area contributed by atoms with Gasteiger partial charge in [0.15, 0.2) is 0 Å². The third kappa shape index (κ3) is 2.52. The van der Waals surface area contributed by atoms with E-state index in [4.69, 9.17) is 4.74 Å². The van der Waals surface area contributed by atoms with Crippen LogP contribution in [0, 0.1) is 0 Å². The molecule has 3 heteroatoms. The van der Waals surface area contributed by atoms with Gasteiger partial charge in [-0.05, 0) is 0 Å². The molecule has 0 radical (unpaired) electrons. The van der Waals surface area contributed by atoms with Gasteiger partial charge in [-0.2, -0.15) is 0 Å². The molecule has 2 aromatic rings. The van der Waals surface area contributed by atoms with Crippen molar-refractivity contribution < 1.29 is 9.53 Å². The summed E-state index contributed by atoms with van der Waals surface area (Å²) in [5.74, 6) is -0.162. The van der Waals surface area contributed by atoms with E-state index < -0.39 is 20.9 Å². The van der Waals surface area contributed by atoms with Gasteiger partial charge in [0.05, 0.1) is 0 Å². The molecule has 0 aliphatic carbocycles. The van der Waals surface area contributed by atoms with Crippen molar-refractivity contribution in [2.75, 3.05) is 6.61 Å². The second-order valence-electron chi connectivity index (χ2n) is 4.55. The zero-order chi connectivity index (χ0) is 13.9. The van der Waals surface area contributed by atoms with Gasteiger partial charge in [0.25, 0.3) is 0 Å². The van der Waals surface area contributed by atoms with E-state index in [1.807, 2.05) is 0 Å². The standard InChI is InChI=1S/C17H14O2Te/c1-2-6-14-16(11-19-17(14)18)20-15-10-5-8-12-7-3-4-9-13(12)15/h2-5,7-10H,1,6,11H2. The average Bonchev–Trinajstić information content (AvgIpc) is 2.81. The maximum absolute atomic E-state index is 11.7. The Bertz CT molecular complexity index is 711. The van der Waals surface area contributed by atoms with Crippen molar-refractivity contribution in [3.05, 3.63) is 64.3 Å². The molecular formula is C17H14O2Te. The SMILES string of the molecule is C=CCC1=C([Te]c2cccc3ccccc23)COC1=O. The molecule has 0 saturated carbocycles. The zero-order valence-corrected chi connectivity index (χ0v) is 13.3. The fourth-order valence-corrected chi connectivity index (χ4v) is 5.45. The summed E-state index contributed by atoms with van der Waals surface area (Å²) in [7, 11) is 0. The van der Waals surface area contributed by atoms with Crippen molar-refractivity contribution in [3.63, 3.8) is 0 Å². The van der Waals surface area contributed by atoms with Crippen molar-refractivity contribution >= 4 is 41.3 Å². The molecule has 1 heterocycles. The number of esters is 1. The third-order valence-corrected chi connectivity index (χ3v) is 6.64. The van der Waals surface area contributed by atoms with Gasteiger partial charge in [0.2, 0.25) is 0 Å². The van der Waals surface area contributed by atoms with Crippen molar-refractivity contribution in [2.45, 2.75) is 6.42 Å². The first-order valence-electron chi connectivity index (χ1n) is 6.45. The van der Waals surface area contributed by atoms with Crippen LogP contribution in [-0.2, 0) is 9.53 Å². The van der Waals surface area contributed by atoms with Gasteiger partial charge in [0.1, 0.15) is 0 Å². The summed E-state index contributed by atoms with van der Waals surface area (Å²) in [6, 6.07) is 14.8. The number of hydrogen-bond acceptors (Lipinski definition) is 2. The number of carbonyl (C=O) groups excluding carboxylic acids is 1. The van der Waals surface area contributed by atoms with Gasteiger partial charge in [-0.1, -0.05) is 0 Å². The van der Waals surface area contributed by atoms with Crippen LogP contribution in [0.3, 0.4) is 0 Å². The first kappa shape index (κ1) is 13.4. The molecule has 20 heavy (non-hydrogen) atoms. The normalized spacial score (nSPS) is 14.7. The Kier molecular flexibility index (Phi) is 3.91. The van der Waals surface area contributed by atoms with Crippen LogP contribution in [0.15, 0.2) is 64.3 Å². The summed E-state index contributed by atoms with van der Waals surface area (Å²) in [4.78, 5) is 11.7. The molecule has 0 N–H and O–H groups in total. The van der Waals surface area contributed by atoms with Crippen LogP contribution in [-0.4, -0.2) is 33.5 Å². The van der Waals surface area contributed by atoms with E-state index in [2.05, 4.69) is 49.0 Å². The van der Waals surface area contributed by atoms with Crippen LogP contribution in [0.4, 0.5) is 0 Å². The Morgan fingerprint density at radius 2 is 2.00 bits per heavy atom. The molecular weight excluding hydrogens is 364 g/mol. The molecule has 100 valence electrons. The average molecular weight is 378 g/mol. The molecule has 0 amide bonds. The van der Waals surface area contributed by atoms with E-state index in [1.165, 1.54) is 18.0 Å². The van der Waals surface area contributed by atoms with Gasteiger partial charge in [-0.25, -0.2) is 0 Å². The Balaban J connectivity index is 2.01. The molecule has 0 fully saturated rings.